The molecule has 0 aromatic heterocycles. The first-order chi connectivity index (χ1) is 11.4. The third-order valence-electron chi connectivity index (χ3n) is 3.14. The van der Waals surface area contributed by atoms with Crippen molar-refractivity contribution in [1.29, 1.82) is 5.26 Å². The molecule has 0 aliphatic heterocycles. The van der Waals surface area contributed by atoms with Crippen LogP contribution in [-0.2, 0) is 9.59 Å². The molecule has 8 heteroatoms. The SMILES string of the molecule is CSCCC(NC(=O)/C(C#N)=C\Nc1ccc(Br)cc1C)C(=O)O. The molecule has 0 radical (unpaired) electrons. The number of hydrogen-bond donors (Lipinski definition) is 3. The number of halogens is 1. The largest absolute Gasteiger partial charge is 0.480 e. The fraction of sp³-hybridized carbons (Fsp3) is 0.312. The third kappa shape index (κ3) is 6.26. The van der Waals surface area contributed by atoms with E-state index in [0.29, 0.717) is 12.2 Å². The number of thioether (sulfide) groups is 1. The Morgan fingerprint density at radius 3 is 2.75 bits per heavy atom. The van der Waals surface area contributed by atoms with Crippen molar-refractivity contribution in [3.8, 4) is 6.07 Å². The fourth-order valence-electron chi connectivity index (χ4n) is 1.82. The lowest BCUT2D eigenvalue weighted by Gasteiger charge is -2.13. The van der Waals surface area contributed by atoms with E-state index in [1.54, 1.807) is 12.1 Å². The van der Waals surface area contributed by atoms with Gasteiger partial charge in [0.15, 0.2) is 0 Å². The molecule has 0 saturated carbocycles. The number of nitriles is 1. The minimum Gasteiger partial charge on any atom is -0.480 e. The Balaban J connectivity index is 2.81. The zero-order valence-electron chi connectivity index (χ0n) is 13.3. The zero-order valence-corrected chi connectivity index (χ0v) is 15.7. The molecule has 24 heavy (non-hydrogen) atoms. The summed E-state index contributed by atoms with van der Waals surface area (Å²) in [6.45, 7) is 1.88. The number of carboxylic acid groups (broad SMARTS) is 1. The number of amides is 1. The number of anilines is 1. The first-order valence-corrected chi connectivity index (χ1v) is 9.23. The number of carbonyl (C=O) groups excluding carboxylic acids is 1. The van der Waals surface area contributed by atoms with Gasteiger partial charge in [0.05, 0.1) is 0 Å². The first kappa shape index (κ1) is 20.1. The normalized spacial score (nSPS) is 12.2. The number of hydrogen-bond acceptors (Lipinski definition) is 5. The molecular weight excluding hydrogens is 394 g/mol. The van der Waals surface area contributed by atoms with Crippen molar-refractivity contribution in [2.45, 2.75) is 19.4 Å². The van der Waals surface area contributed by atoms with Crippen molar-refractivity contribution in [2.75, 3.05) is 17.3 Å². The van der Waals surface area contributed by atoms with Crippen LogP contribution in [0.25, 0.3) is 0 Å². The van der Waals surface area contributed by atoms with Crippen LogP contribution in [0.2, 0.25) is 0 Å². The van der Waals surface area contributed by atoms with Gasteiger partial charge in [0.1, 0.15) is 17.7 Å². The van der Waals surface area contributed by atoms with Crippen LogP contribution in [0, 0.1) is 18.3 Å². The van der Waals surface area contributed by atoms with Crippen LogP contribution in [-0.4, -0.2) is 35.0 Å². The maximum atomic E-state index is 12.1. The molecule has 1 aromatic carbocycles. The summed E-state index contributed by atoms with van der Waals surface area (Å²) in [7, 11) is 0. The average Bonchev–Trinajstić information content (AvgIpc) is 2.53. The summed E-state index contributed by atoms with van der Waals surface area (Å²) in [5, 5.41) is 23.5. The lowest BCUT2D eigenvalue weighted by Crippen LogP contribution is -2.41. The summed E-state index contributed by atoms with van der Waals surface area (Å²) in [6, 6.07) is 6.30. The standard InChI is InChI=1S/C16H18BrN3O3S/c1-10-7-12(17)3-4-13(10)19-9-11(8-18)15(21)20-14(16(22)23)5-6-24-2/h3-4,7,9,14,19H,5-6H2,1-2H3,(H,20,21)(H,22,23)/b11-9-. The van der Waals surface area contributed by atoms with E-state index in [1.807, 2.05) is 25.3 Å². The molecule has 0 heterocycles. The van der Waals surface area contributed by atoms with E-state index >= 15 is 0 Å². The number of carbonyl (C=O) groups is 2. The molecule has 0 bridgehead atoms. The molecule has 0 fully saturated rings. The molecule has 128 valence electrons. The molecule has 0 aliphatic carbocycles. The van der Waals surface area contributed by atoms with Gasteiger partial charge >= 0.3 is 5.97 Å². The minimum atomic E-state index is -1.12. The van der Waals surface area contributed by atoms with Crippen LogP contribution >= 0.6 is 27.7 Å². The minimum absolute atomic E-state index is 0.187. The molecular formula is C16H18BrN3O3S. The maximum absolute atomic E-state index is 12.1. The van der Waals surface area contributed by atoms with Crippen molar-refractivity contribution in [2.24, 2.45) is 0 Å². The smallest absolute Gasteiger partial charge is 0.326 e. The van der Waals surface area contributed by atoms with E-state index in [0.717, 1.165) is 15.7 Å². The second-order valence-electron chi connectivity index (χ2n) is 4.92. The van der Waals surface area contributed by atoms with Crippen LogP contribution < -0.4 is 10.6 Å². The van der Waals surface area contributed by atoms with Gasteiger partial charge in [0.2, 0.25) is 0 Å². The molecule has 0 saturated heterocycles. The Labute approximate surface area is 153 Å². The van der Waals surface area contributed by atoms with Crippen LogP contribution in [0.4, 0.5) is 5.69 Å². The van der Waals surface area contributed by atoms with Gasteiger partial charge in [-0.1, -0.05) is 15.9 Å². The van der Waals surface area contributed by atoms with Crippen LogP contribution in [0.15, 0.2) is 34.4 Å². The number of nitrogens with zero attached hydrogens (tertiary/aromatic N) is 1. The number of rotatable bonds is 8. The summed E-state index contributed by atoms with van der Waals surface area (Å²) in [6.07, 6.45) is 3.42. The molecule has 1 rings (SSSR count). The fourth-order valence-corrected chi connectivity index (χ4v) is 2.76. The lowest BCUT2D eigenvalue weighted by atomic mass is 10.2. The zero-order chi connectivity index (χ0) is 18.1. The quantitative estimate of drug-likeness (QED) is 0.448. The van der Waals surface area contributed by atoms with Crippen molar-refractivity contribution in [3.63, 3.8) is 0 Å². The van der Waals surface area contributed by atoms with Crippen molar-refractivity contribution in [1.82, 2.24) is 5.32 Å². The summed E-state index contributed by atoms with van der Waals surface area (Å²) in [4.78, 5) is 23.3. The average molecular weight is 412 g/mol. The number of aliphatic carboxylic acids is 1. The van der Waals surface area contributed by atoms with Gasteiger partial charge in [-0.3, -0.25) is 4.79 Å². The van der Waals surface area contributed by atoms with Gasteiger partial charge in [0, 0.05) is 16.4 Å². The van der Waals surface area contributed by atoms with E-state index in [1.165, 1.54) is 18.0 Å². The van der Waals surface area contributed by atoms with Gasteiger partial charge in [-0.25, -0.2) is 4.79 Å². The monoisotopic (exact) mass is 411 g/mol. The molecule has 1 aromatic rings. The predicted octanol–water partition coefficient (Wildman–Crippen LogP) is 2.90. The molecule has 3 N–H and O–H groups in total. The van der Waals surface area contributed by atoms with E-state index < -0.39 is 17.9 Å². The molecule has 1 atom stereocenters. The summed E-state index contributed by atoms with van der Waals surface area (Å²) >= 11 is 4.85. The highest BCUT2D eigenvalue weighted by molar-refractivity contribution is 9.10. The molecule has 6 nitrogen and oxygen atoms in total. The van der Waals surface area contributed by atoms with Crippen LogP contribution in [0.5, 0.6) is 0 Å². The topological polar surface area (TPSA) is 102 Å². The highest BCUT2D eigenvalue weighted by Crippen LogP contribution is 2.20. The van der Waals surface area contributed by atoms with Crippen molar-refractivity contribution < 1.29 is 14.7 Å². The van der Waals surface area contributed by atoms with Gasteiger partial charge in [-0.15, -0.1) is 0 Å². The second kappa shape index (κ2) is 10.0. The Bertz CT molecular complexity index is 686. The number of carboxylic acids is 1. The number of benzene rings is 1. The van der Waals surface area contributed by atoms with E-state index in [9.17, 15) is 9.59 Å². The van der Waals surface area contributed by atoms with Gasteiger partial charge in [-0.05, 0) is 49.1 Å². The lowest BCUT2D eigenvalue weighted by molar-refractivity contribution is -0.141. The Kier molecular flexibility index (Phi) is 8.36. The Morgan fingerprint density at radius 1 is 1.50 bits per heavy atom. The first-order valence-electron chi connectivity index (χ1n) is 7.04. The molecule has 0 aliphatic rings. The van der Waals surface area contributed by atoms with E-state index in [-0.39, 0.29) is 5.57 Å². The molecule has 1 amide bonds. The second-order valence-corrected chi connectivity index (χ2v) is 6.82. The summed E-state index contributed by atoms with van der Waals surface area (Å²) < 4.78 is 0.922. The third-order valence-corrected chi connectivity index (χ3v) is 4.28. The summed E-state index contributed by atoms with van der Waals surface area (Å²) in [5.41, 5.74) is 1.49. The van der Waals surface area contributed by atoms with Gasteiger partial charge < -0.3 is 15.7 Å². The van der Waals surface area contributed by atoms with Crippen molar-refractivity contribution >= 4 is 45.3 Å². The molecule has 1 unspecified atom stereocenters. The molecule has 0 spiro atoms. The number of aryl methyl sites for hydroxylation is 1. The van der Waals surface area contributed by atoms with Crippen LogP contribution in [0.1, 0.15) is 12.0 Å². The highest BCUT2D eigenvalue weighted by Gasteiger charge is 2.21. The van der Waals surface area contributed by atoms with Gasteiger partial charge in [-0.2, -0.15) is 17.0 Å². The number of nitrogens with one attached hydrogen (secondary N) is 2. The maximum Gasteiger partial charge on any atom is 0.326 e. The highest BCUT2D eigenvalue weighted by atomic mass is 79.9. The van der Waals surface area contributed by atoms with E-state index in [4.69, 9.17) is 10.4 Å². The Hall–Kier alpha value is -1.98. The van der Waals surface area contributed by atoms with E-state index in [2.05, 4.69) is 26.6 Å². The predicted molar refractivity (Wildman–Crippen MR) is 98.8 cm³/mol. The van der Waals surface area contributed by atoms with Crippen LogP contribution in [0.3, 0.4) is 0 Å². The Morgan fingerprint density at radius 2 is 2.21 bits per heavy atom. The van der Waals surface area contributed by atoms with Crippen molar-refractivity contribution in [3.05, 3.63) is 40.0 Å². The van der Waals surface area contributed by atoms with Gasteiger partial charge in [0.25, 0.3) is 5.91 Å². The summed E-state index contributed by atoms with van der Waals surface area (Å²) in [5.74, 6) is -1.24.